The Bertz CT molecular complexity index is 1140. The monoisotopic (exact) mass is 465 g/mol. The van der Waals surface area contributed by atoms with Crippen LogP contribution in [0.2, 0.25) is 0 Å². The molecule has 30 heavy (non-hydrogen) atoms. The zero-order valence-electron chi connectivity index (χ0n) is 16.5. The first-order valence-corrected chi connectivity index (χ1v) is 10.8. The van der Waals surface area contributed by atoms with E-state index in [-0.39, 0.29) is 18.4 Å². The molecule has 0 spiro atoms. The third kappa shape index (κ3) is 3.45. The zero-order valence-corrected chi connectivity index (χ0v) is 18.0. The number of pyridine rings is 1. The molecule has 1 fully saturated rings. The fraction of sp³-hybridized carbons (Fsp3) is 0.318. The van der Waals surface area contributed by atoms with E-state index in [9.17, 15) is 4.79 Å². The van der Waals surface area contributed by atoms with Crippen LogP contribution in [-0.2, 0) is 9.53 Å². The van der Waals surface area contributed by atoms with Crippen LogP contribution in [-0.4, -0.2) is 38.5 Å². The van der Waals surface area contributed by atoms with Gasteiger partial charge in [-0.15, -0.1) is 10.2 Å². The van der Waals surface area contributed by atoms with Gasteiger partial charge in [-0.25, -0.2) is 0 Å². The minimum absolute atomic E-state index is 0.256. The van der Waals surface area contributed by atoms with Crippen LogP contribution in [0.4, 0.5) is 0 Å². The van der Waals surface area contributed by atoms with E-state index < -0.39 is 0 Å². The van der Waals surface area contributed by atoms with Crippen LogP contribution in [0.3, 0.4) is 0 Å². The molecule has 1 unspecified atom stereocenters. The van der Waals surface area contributed by atoms with Crippen molar-refractivity contribution in [1.29, 1.82) is 0 Å². The summed E-state index contributed by atoms with van der Waals surface area (Å²) in [5, 5.41) is 9.05. The topological polar surface area (TPSA) is 82.3 Å². The Hall–Kier alpha value is -2.87. The standard InChI is InChI=1S/C22H20BrN5O2/c1-30-19(29)10-8-17-22-27-26-21(13-5-6-13)28(22)18-9-7-14(23)12-15(18)20(25-17)16-4-2-3-11-24-16/h2-4,7,9,11-13,17H,5-6,8,10H2,1H3. The van der Waals surface area contributed by atoms with Gasteiger partial charge in [0.25, 0.3) is 0 Å². The van der Waals surface area contributed by atoms with Crippen molar-refractivity contribution in [2.45, 2.75) is 37.6 Å². The Morgan fingerprint density at radius 2 is 2.03 bits per heavy atom. The molecule has 0 saturated heterocycles. The van der Waals surface area contributed by atoms with Crippen LogP contribution < -0.4 is 0 Å². The number of fused-ring (bicyclic) bond motifs is 3. The molecule has 8 heteroatoms. The van der Waals surface area contributed by atoms with E-state index in [1.54, 1.807) is 6.20 Å². The lowest BCUT2D eigenvalue weighted by Gasteiger charge is -2.14. The van der Waals surface area contributed by atoms with Gasteiger partial charge in [0.15, 0.2) is 5.82 Å². The molecule has 0 radical (unpaired) electrons. The summed E-state index contributed by atoms with van der Waals surface area (Å²) in [5.74, 6) is 1.88. The number of carbonyl (C=O) groups excluding carboxylic acids is 1. The molecule has 2 aliphatic rings. The lowest BCUT2D eigenvalue weighted by Crippen LogP contribution is -2.10. The van der Waals surface area contributed by atoms with Gasteiger partial charge in [-0.2, -0.15) is 0 Å². The van der Waals surface area contributed by atoms with Gasteiger partial charge in [0.05, 0.1) is 24.2 Å². The van der Waals surface area contributed by atoms with Crippen LogP contribution in [0.5, 0.6) is 0 Å². The molecule has 1 saturated carbocycles. The minimum atomic E-state index is -0.327. The number of ether oxygens (including phenoxy) is 1. The third-order valence-electron chi connectivity index (χ3n) is 5.45. The van der Waals surface area contributed by atoms with Crippen LogP contribution in [0.15, 0.2) is 52.1 Å². The van der Waals surface area contributed by atoms with E-state index in [1.807, 2.05) is 24.3 Å². The first kappa shape index (κ1) is 19.1. The number of carbonyl (C=O) groups is 1. The van der Waals surface area contributed by atoms with Crippen LogP contribution in [0.1, 0.15) is 60.5 Å². The summed E-state index contributed by atoms with van der Waals surface area (Å²) < 4.78 is 7.95. The maximum absolute atomic E-state index is 11.9. The van der Waals surface area contributed by atoms with Crippen LogP contribution >= 0.6 is 15.9 Å². The highest BCUT2D eigenvalue weighted by molar-refractivity contribution is 9.10. The van der Waals surface area contributed by atoms with Crippen molar-refractivity contribution in [2.75, 3.05) is 7.11 Å². The number of hydrogen-bond donors (Lipinski definition) is 0. The molecule has 5 rings (SSSR count). The molecular formula is C22H20BrN5O2. The molecule has 0 bridgehead atoms. The first-order valence-electron chi connectivity index (χ1n) is 9.97. The molecule has 1 aromatic carbocycles. The molecule has 3 heterocycles. The van der Waals surface area contributed by atoms with E-state index in [1.165, 1.54) is 7.11 Å². The van der Waals surface area contributed by atoms with Gasteiger partial charge < -0.3 is 4.74 Å². The summed E-state index contributed by atoms with van der Waals surface area (Å²) in [5.41, 5.74) is 3.53. The van der Waals surface area contributed by atoms with Crippen LogP contribution in [0, 0.1) is 0 Å². The third-order valence-corrected chi connectivity index (χ3v) is 5.94. The number of hydrogen-bond acceptors (Lipinski definition) is 6. The van der Waals surface area contributed by atoms with Crippen molar-refractivity contribution in [3.63, 3.8) is 0 Å². The summed E-state index contributed by atoms with van der Waals surface area (Å²) in [7, 11) is 1.40. The SMILES string of the molecule is COC(=O)CCC1N=C(c2ccccn2)c2cc(Br)ccc2-n2c(C3CC3)nnc21. The molecule has 1 aliphatic carbocycles. The average molecular weight is 466 g/mol. The number of aliphatic imine (C=N–C) groups is 1. The molecule has 3 aromatic rings. The van der Waals surface area contributed by atoms with E-state index in [0.29, 0.717) is 12.3 Å². The second-order valence-corrected chi connectivity index (χ2v) is 8.43. The highest BCUT2D eigenvalue weighted by Crippen LogP contribution is 2.43. The minimum Gasteiger partial charge on any atom is -0.469 e. The second kappa shape index (κ2) is 7.75. The van der Waals surface area contributed by atoms with Gasteiger partial charge in [0.2, 0.25) is 0 Å². The molecule has 0 amide bonds. The number of halogens is 1. The Balaban J connectivity index is 1.72. The van der Waals surface area contributed by atoms with E-state index in [2.05, 4.69) is 47.8 Å². The Morgan fingerprint density at radius 3 is 2.77 bits per heavy atom. The molecule has 1 aliphatic heterocycles. The van der Waals surface area contributed by atoms with Crippen molar-refractivity contribution in [2.24, 2.45) is 4.99 Å². The number of methoxy groups -OCH3 is 1. The lowest BCUT2D eigenvalue weighted by atomic mass is 10.0. The quantitative estimate of drug-likeness (QED) is 0.528. The van der Waals surface area contributed by atoms with Crippen LogP contribution in [0.25, 0.3) is 5.69 Å². The summed E-state index contributed by atoms with van der Waals surface area (Å²) in [6.45, 7) is 0. The maximum Gasteiger partial charge on any atom is 0.305 e. The van der Waals surface area contributed by atoms with Crippen molar-refractivity contribution in [3.05, 3.63) is 70.0 Å². The summed E-state index contributed by atoms with van der Waals surface area (Å²) in [6, 6.07) is 11.6. The summed E-state index contributed by atoms with van der Waals surface area (Å²) >= 11 is 3.60. The van der Waals surface area contributed by atoms with Gasteiger partial charge in [-0.1, -0.05) is 22.0 Å². The van der Waals surface area contributed by atoms with Gasteiger partial charge in [0, 0.05) is 28.6 Å². The highest BCUT2D eigenvalue weighted by atomic mass is 79.9. The number of benzene rings is 1. The summed E-state index contributed by atoms with van der Waals surface area (Å²) in [6.07, 6.45) is 4.74. The highest BCUT2D eigenvalue weighted by Gasteiger charge is 2.35. The fourth-order valence-electron chi connectivity index (χ4n) is 3.81. The van der Waals surface area contributed by atoms with E-state index >= 15 is 0 Å². The van der Waals surface area contributed by atoms with Crippen molar-refractivity contribution in [1.82, 2.24) is 19.7 Å². The average Bonchev–Trinajstić information content (AvgIpc) is 3.55. The Labute approximate surface area is 182 Å². The smallest absolute Gasteiger partial charge is 0.305 e. The summed E-state index contributed by atoms with van der Waals surface area (Å²) in [4.78, 5) is 21.5. The molecule has 0 N–H and O–H groups in total. The maximum atomic E-state index is 11.9. The predicted molar refractivity (Wildman–Crippen MR) is 115 cm³/mol. The van der Waals surface area contributed by atoms with Crippen molar-refractivity contribution >= 4 is 27.6 Å². The normalized spacial score (nSPS) is 17.5. The van der Waals surface area contributed by atoms with E-state index in [0.717, 1.165) is 51.6 Å². The Morgan fingerprint density at radius 1 is 1.20 bits per heavy atom. The van der Waals surface area contributed by atoms with Crippen molar-refractivity contribution in [3.8, 4) is 5.69 Å². The zero-order chi connectivity index (χ0) is 20.7. The number of esters is 1. The first-order chi connectivity index (χ1) is 14.7. The lowest BCUT2D eigenvalue weighted by molar-refractivity contribution is -0.140. The molecule has 1 atom stereocenters. The number of nitrogens with zero attached hydrogens (tertiary/aromatic N) is 5. The van der Waals surface area contributed by atoms with E-state index in [4.69, 9.17) is 9.73 Å². The predicted octanol–water partition coefficient (Wildman–Crippen LogP) is 4.15. The van der Waals surface area contributed by atoms with Crippen molar-refractivity contribution < 1.29 is 9.53 Å². The Kier molecular flexibility index (Phi) is 4.94. The fourth-order valence-corrected chi connectivity index (χ4v) is 4.17. The number of rotatable bonds is 5. The second-order valence-electron chi connectivity index (χ2n) is 7.51. The molecular weight excluding hydrogens is 446 g/mol. The molecule has 152 valence electrons. The van der Waals surface area contributed by atoms with Gasteiger partial charge in [-0.3, -0.25) is 19.3 Å². The van der Waals surface area contributed by atoms with Gasteiger partial charge in [0.1, 0.15) is 11.9 Å². The largest absolute Gasteiger partial charge is 0.469 e. The molecule has 2 aromatic heterocycles. The van der Waals surface area contributed by atoms with Gasteiger partial charge in [-0.05, 0) is 49.6 Å². The number of aromatic nitrogens is 4. The van der Waals surface area contributed by atoms with Gasteiger partial charge >= 0.3 is 5.97 Å². The molecule has 7 nitrogen and oxygen atoms in total.